The monoisotopic (exact) mass is 301 g/mol. The Bertz CT molecular complexity index is 393. The van der Waals surface area contributed by atoms with Gasteiger partial charge in [-0.05, 0) is 12.1 Å². The van der Waals surface area contributed by atoms with Crippen molar-refractivity contribution in [2.75, 3.05) is 33.5 Å². The van der Waals surface area contributed by atoms with Crippen molar-refractivity contribution in [3.8, 4) is 5.75 Å². The summed E-state index contributed by atoms with van der Waals surface area (Å²) in [6.07, 6.45) is 0. The Labute approximate surface area is 109 Å². The topological polar surface area (TPSA) is 53.7 Å². The standard InChI is InChI=1S/C12H16BrNO3/c1-15-4-5-17-11-6-9(13)2-3-10(11)12(14)7-16-8-12/h2-3,6H,4-5,7-8,14H2,1H3. The van der Waals surface area contributed by atoms with Crippen molar-refractivity contribution in [3.05, 3.63) is 28.2 Å². The SMILES string of the molecule is COCCOc1cc(Br)ccc1C1(N)COC1. The van der Waals surface area contributed by atoms with E-state index in [1.807, 2.05) is 18.2 Å². The third-order valence-corrected chi connectivity index (χ3v) is 3.24. The first-order chi connectivity index (χ1) is 8.15. The summed E-state index contributed by atoms with van der Waals surface area (Å²) in [5.74, 6) is 0.794. The zero-order valence-corrected chi connectivity index (χ0v) is 11.3. The van der Waals surface area contributed by atoms with Crippen LogP contribution in [0.15, 0.2) is 22.7 Å². The fourth-order valence-corrected chi connectivity index (χ4v) is 2.08. The van der Waals surface area contributed by atoms with Crippen molar-refractivity contribution in [2.24, 2.45) is 5.73 Å². The van der Waals surface area contributed by atoms with Gasteiger partial charge in [-0.3, -0.25) is 0 Å². The van der Waals surface area contributed by atoms with E-state index in [1.165, 1.54) is 0 Å². The molecule has 2 rings (SSSR count). The van der Waals surface area contributed by atoms with Gasteiger partial charge in [0, 0.05) is 17.1 Å². The highest BCUT2D eigenvalue weighted by Crippen LogP contribution is 2.35. The average molecular weight is 302 g/mol. The maximum Gasteiger partial charge on any atom is 0.125 e. The van der Waals surface area contributed by atoms with Crippen LogP contribution in [-0.4, -0.2) is 33.5 Å². The van der Waals surface area contributed by atoms with Gasteiger partial charge in [0.1, 0.15) is 12.4 Å². The molecule has 1 aliphatic heterocycles. The molecule has 4 nitrogen and oxygen atoms in total. The third kappa shape index (κ3) is 2.80. The van der Waals surface area contributed by atoms with Crippen LogP contribution in [0.1, 0.15) is 5.56 Å². The average Bonchev–Trinajstić information content (AvgIpc) is 2.27. The van der Waals surface area contributed by atoms with Crippen LogP contribution >= 0.6 is 15.9 Å². The van der Waals surface area contributed by atoms with Crippen molar-refractivity contribution in [1.29, 1.82) is 0 Å². The molecular formula is C12H16BrNO3. The van der Waals surface area contributed by atoms with Crippen molar-refractivity contribution in [3.63, 3.8) is 0 Å². The Kier molecular flexibility index (Phi) is 4.04. The van der Waals surface area contributed by atoms with Crippen LogP contribution in [0.3, 0.4) is 0 Å². The molecule has 0 amide bonds. The molecule has 1 aromatic carbocycles. The molecule has 2 N–H and O–H groups in total. The molecule has 1 saturated heterocycles. The maximum absolute atomic E-state index is 6.23. The van der Waals surface area contributed by atoms with Crippen molar-refractivity contribution < 1.29 is 14.2 Å². The number of rotatable bonds is 5. The van der Waals surface area contributed by atoms with Crippen LogP contribution in [0.4, 0.5) is 0 Å². The van der Waals surface area contributed by atoms with Crippen molar-refractivity contribution in [2.45, 2.75) is 5.54 Å². The molecule has 0 radical (unpaired) electrons. The van der Waals surface area contributed by atoms with Gasteiger partial charge >= 0.3 is 0 Å². The third-order valence-electron chi connectivity index (χ3n) is 2.74. The molecule has 0 spiro atoms. The zero-order valence-electron chi connectivity index (χ0n) is 9.74. The highest BCUT2D eigenvalue weighted by Gasteiger charge is 2.38. The fourth-order valence-electron chi connectivity index (χ4n) is 1.74. The maximum atomic E-state index is 6.23. The highest BCUT2D eigenvalue weighted by molar-refractivity contribution is 9.10. The van der Waals surface area contributed by atoms with Crippen LogP contribution in [0.5, 0.6) is 5.75 Å². The van der Waals surface area contributed by atoms with Crippen LogP contribution in [-0.2, 0) is 15.0 Å². The summed E-state index contributed by atoms with van der Waals surface area (Å²) in [5.41, 5.74) is 6.80. The molecule has 0 atom stereocenters. The summed E-state index contributed by atoms with van der Waals surface area (Å²) in [6.45, 7) is 2.14. The van der Waals surface area contributed by atoms with Gasteiger partial charge in [0.25, 0.3) is 0 Å². The molecule has 0 saturated carbocycles. The molecule has 0 aromatic heterocycles. The summed E-state index contributed by atoms with van der Waals surface area (Å²) in [6, 6.07) is 5.87. The first-order valence-corrected chi connectivity index (χ1v) is 6.23. The van der Waals surface area contributed by atoms with Gasteiger partial charge in [-0.25, -0.2) is 0 Å². The summed E-state index contributed by atoms with van der Waals surface area (Å²) < 4.78 is 16.8. The molecule has 1 heterocycles. The Morgan fingerprint density at radius 3 is 2.76 bits per heavy atom. The lowest BCUT2D eigenvalue weighted by atomic mass is 9.88. The fraction of sp³-hybridized carbons (Fsp3) is 0.500. The van der Waals surface area contributed by atoms with E-state index in [9.17, 15) is 0 Å². The van der Waals surface area contributed by atoms with Crippen molar-refractivity contribution >= 4 is 15.9 Å². The molecular weight excluding hydrogens is 286 g/mol. The van der Waals surface area contributed by atoms with Crippen LogP contribution in [0.2, 0.25) is 0 Å². The Morgan fingerprint density at radius 1 is 1.41 bits per heavy atom. The number of methoxy groups -OCH3 is 1. The molecule has 0 bridgehead atoms. The normalized spacial score (nSPS) is 17.6. The van der Waals surface area contributed by atoms with Gasteiger partial charge in [0.15, 0.2) is 0 Å². The quantitative estimate of drug-likeness (QED) is 0.841. The van der Waals surface area contributed by atoms with Crippen molar-refractivity contribution in [1.82, 2.24) is 0 Å². The summed E-state index contributed by atoms with van der Waals surface area (Å²) >= 11 is 3.43. The smallest absolute Gasteiger partial charge is 0.125 e. The van der Waals surface area contributed by atoms with E-state index in [4.69, 9.17) is 19.9 Å². The molecule has 17 heavy (non-hydrogen) atoms. The summed E-state index contributed by atoms with van der Waals surface area (Å²) in [4.78, 5) is 0. The van der Waals surface area contributed by atoms with E-state index >= 15 is 0 Å². The predicted octanol–water partition coefficient (Wildman–Crippen LogP) is 1.66. The van der Waals surface area contributed by atoms with Crippen LogP contribution in [0.25, 0.3) is 0 Å². The molecule has 0 aliphatic carbocycles. The van der Waals surface area contributed by atoms with Gasteiger partial charge in [-0.1, -0.05) is 22.0 Å². The molecule has 1 aromatic rings. The van der Waals surface area contributed by atoms with Gasteiger partial charge in [-0.2, -0.15) is 0 Å². The van der Waals surface area contributed by atoms with Gasteiger partial charge < -0.3 is 19.9 Å². The molecule has 94 valence electrons. The minimum absolute atomic E-state index is 0.414. The zero-order chi connectivity index (χ0) is 12.3. The van der Waals surface area contributed by atoms with E-state index in [0.717, 1.165) is 15.8 Å². The minimum Gasteiger partial charge on any atom is -0.491 e. The van der Waals surface area contributed by atoms with E-state index in [0.29, 0.717) is 26.4 Å². The van der Waals surface area contributed by atoms with Gasteiger partial charge in [0.2, 0.25) is 0 Å². The number of nitrogens with two attached hydrogens (primary N) is 1. The lowest BCUT2D eigenvalue weighted by molar-refractivity contribution is -0.0581. The minimum atomic E-state index is -0.414. The molecule has 0 unspecified atom stereocenters. The largest absolute Gasteiger partial charge is 0.491 e. The summed E-state index contributed by atoms with van der Waals surface area (Å²) in [5, 5.41) is 0. The number of ether oxygens (including phenoxy) is 3. The second-order valence-electron chi connectivity index (χ2n) is 4.13. The van der Waals surface area contributed by atoms with Crippen LogP contribution < -0.4 is 10.5 Å². The van der Waals surface area contributed by atoms with Gasteiger partial charge in [0.05, 0.1) is 25.4 Å². The number of halogens is 1. The van der Waals surface area contributed by atoms with Crippen LogP contribution in [0, 0.1) is 0 Å². The lowest BCUT2D eigenvalue weighted by Gasteiger charge is -2.39. The first kappa shape index (κ1) is 12.8. The molecule has 1 fully saturated rings. The van der Waals surface area contributed by atoms with E-state index < -0.39 is 5.54 Å². The lowest BCUT2D eigenvalue weighted by Crippen LogP contribution is -2.54. The second-order valence-corrected chi connectivity index (χ2v) is 5.05. The summed E-state index contributed by atoms with van der Waals surface area (Å²) in [7, 11) is 1.65. The van der Waals surface area contributed by atoms with E-state index in [2.05, 4.69) is 15.9 Å². The Hall–Kier alpha value is -0.620. The van der Waals surface area contributed by atoms with Gasteiger partial charge in [-0.15, -0.1) is 0 Å². The number of benzene rings is 1. The Morgan fingerprint density at radius 2 is 2.18 bits per heavy atom. The number of hydrogen-bond donors (Lipinski definition) is 1. The van der Waals surface area contributed by atoms with E-state index in [1.54, 1.807) is 7.11 Å². The van der Waals surface area contributed by atoms with E-state index in [-0.39, 0.29) is 0 Å². The Balaban J connectivity index is 2.18. The molecule has 5 heteroatoms. The second kappa shape index (κ2) is 5.35. The number of hydrogen-bond acceptors (Lipinski definition) is 4. The molecule has 1 aliphatic rings. The first-order valence-electron chi connectivity index (χ1n) is 5.44. The predicted molar refractivity (Wildman–Crippen MR) is 68.2 cm³/mol. The highest BCUT2D eigenvalue weighted by atomic mass is 79.9.